The molecule has 0 saturated heterocycles. The van der Waals surface area contributed by atoms with Gasteiger partial charge < -0.3 is 30.3 Å². The van der Waals surface area contributed by atoms with Crippen molar-refractivity contribution in [1.29, 1.82) is 0 Å². The molecule has 0 spiro atoms. The quantitative estimate of drug-likeness (QED) is 0.460. The van der Waals surface area contributed by atoms with Crippen LogP contribution < -0.4 is 20.1 Å². The summed E-state index contributed by atoms with van der Waals surface area (Å²) in [6, 6.07) is 5.73. The van der Waals surface area contributed by atoms with Gasteiger partial charge in [0.1, 0.15) is 25.4 Å². The number of β-amino-alcohol motifs (C(OH)–C–C–N with tert-alkyl or cyclic N) is 2. The highest BCUT2D eigenvalue weighted by molar-refractivity contribution is 5.46. The molecule has 0 aromatic heterocycles. The minimum absolute atomic E-state index is 0.0609. The highest BCUT2D eigenvalue weighted by Crippen LogP contribution is 2.32. The van der Waals surface area contributed by atoms with E-state index in [-0.39, 0.29) is 24.3 Å². The van der Waals surface area contributed by atoms with Crippen LogP contribution in [0.2, 0.25) is 0 Å². The van der Waals surface area contributed by atoms with Gasteiger partial charge >= 0.3 is 0 Å². The van der Waals surface area contributed by atoms with Crippen molar-refractivity contribution in [3.8, 4) is 11.5 Å². The van der Waals surface area contributed by atoms with Crippen molar-refractivity contribution < 1.29 is 19.7 Å². The van der Waals surface area contributed by atoms with Crippen molar-refractivity contribution in [2.45, 2.75) is 78.2 Å². The molecule has 28 heavy (non-hydrogen) atoms. The first-order valence-corrected chi connectivity index (χ1v) is 10.1. The standard InChI is InChI=1S/C22H40N2O4/c1-8-16-10-9-11-19(27-14-17(25)12-23-21(2,3)4)20(16)28-15-18(26)13-24-22(5,6)7/h9-11,17-18,23-26H,8,12-15H2,1-7H3. The van der Waals surface area contributed by atoms with E-state index in [0.717, 1.165) is 12.0 Å². The first-order chi connectivity index (χ1) is 12.9. The number of aliphatic hydroxyl groups is 2. The number of hydrogen-bond donors (Lipinski definition) is 4. The first-order valence-electron chi connectivity index (χ1n) is 10.1. The third-order valence-corrected chi connectivity index (χ3v) is 4.03. The Hall–Kier alpha value is -1.34. The monoisotopic (exact) mass is 396 g/mol. The Morgan fingerprint density at radius 2 is 1.36 bits per heavy atom. The van der Waals surface area contributed by atoms with Gasteiger partial charge in [0.15, 0.2) is 11.5 Å². The molecule has 6 nitrogen and oxygen atoms in total. The van der Waals surface area contributed by atoms with Crippen LogP contribution in [-0.4, -0.2) is 59.8 Å². The molecule has 0 saturated carbocycles. The van der Waals surface area contributed by atoms with Crippen LogP contribution in [0.5, 0.6) is 11.5 Å². The SMILES string of the molecule is CCc1cccc(OCC(O)CNC(C)(C)C)c1OCC(O)CNC(C)(C)C. The third kappa shape index (κ3) is 10.3. The van der Waals surface area contributed by atoms with E-state index < -0.39 is 12.2 Å². The summed E-state index contributed by atoms with van der Waals surface area (Å²) in [6.45, 7) is 15.6. The summed E-state index contributed by atoms with van der Waals surface area (Å²) in [6.07, 6.45) is -0.464. The van der Waals surface area contributed by atoms with Crippen LogP contribution in [0.3, 0.4) is 0 Å². The van der Waals surface area contributed by atoms with Gasteiger partial charge in [0.05, 0.1) is 0 Å². The molecule has 6 heteroatoms. The van der Waals surface area contributed by atoms with Crippen LogP contribution in [0.4, 0.5) is 0 Å². The van der Waals surface area contributed by atoms with Crippen molar-refractivity contribution in [1.82, 2.24) is 10.6 Å². The molecule has 0 amide bonds. The molecule has 0 aliphatic carbocycles. The molecule has 4 N–H and O–H groups in total. The summed E-state index contributed by atoms with van der Waals surface area (Å²) < 4.78 is 11.8. The van der Waals surface area contributed by atoms with Crippen molar-refractivity contribution in [3.05, 3.63) is 23.8 Å². The van der Waals surface area contributed by atoms with Crippen LogP contribution >= 0.6 is 0 Å². The van der Waals surface area contributed by atoms with Gasteiger partial charge in [0, 0.05) is 24.2 Å². The summed E-state index contributed by atoms with van der Waals surface area (Å²) in [5, 5.41) is 26.9. The topological polar surface area (TPSA) is 83.0 Å². The van der Waals surface area contributed by atoms with Crippen LogP contribution in [0.1, 0.15) is 54.0 Å². The van der Waals surface area contributed by atoms with Crippen LogP contribution in [-0.2, 0) is 6.42 Å². The summed E-state index contributed by atoms with van der Waals surface area (Å²) >= 11 is 0. The molecular weight excluding hydrogens is 356 g/mol. The lowest BCUT2D eigenvalue weighted by molar-refractivity contribution is 0.0867. The Morgan fingerprint density at radius 1 is 0.857 bits per heavy atom. The van der Waals surface area contributed by atoms with Gasteiger partial charge in [-0.05, 0) is 59.6 Å². The molecule has 0 fully saturated rings. The number of ether oxygens (including phenoxy) is 2. The normalized spacial score (nSPS) is 14.6. The van der Waals surface area contributed by atoms with Crippen LogP contribution in [0, 0.1) is 0 Å². The lowest BCUT2D eigenvalue weighted by Gasteiger charge is -2.24. The Kier molecular flexibility index (Phi) is 9.70. The lowest BCUT2D eigenvalue weighted by atomic mass is 10.1. The Morgan fingerprint density at radius 3 is 1.82 bits per heavy atom. The van der Waals surface area contributed by atoms with Gasteiger partial charge in [-0.3, -0.25) is 0 Å². The van der Waals surface area contributed by atoms with Crippen LogP contribution in [0.15, 0.2) is 18.2 Å². The first kappa shape index (κ1) is 24.7. The van der Waals surface area contributed by atoms with E-state index in [0.29, 0.717) is 24.6 Å². The Balaban J connectivity index is 2.67. The molecular formula is C22H40N2O4. The fraction of sp³-hybridized carbons (Fsp3) is 0.727. The second kappa shape index (κ2) is 11.0. The maximum absolute atomic E-state index is 10.2. The van der Waals surface area contributed by atoms with Crippen molar-refractivity contribution in [2.75, 3.05) is 26.3 Å². The largest absolute Gasteiger partial charge is 0.487 e. The molecule has 0 aliphatic heterocycles. The van der Waals surface area contributed by atoms with Gasteiger partial charge in [-0.2, -0.15) is 0 Å². The van der Waals surface area contributed by atoms with E-state index in [9.17, 15) is 10.2 Å². The molecule has 1 aromatic rings. The number of rotatable bonds is 11. The molecule has 0 heterocycles. The molecule has 1 aromatic carbocycles. The summed E-state index contributed by atoms with van der Waals surface area (Å²) in [4.78, 5) is 0. The minimum atomic E-state index is -0.626. The van der Waals surface area contributed by atoms with Crippen molar-refractivity contribution in [3.63, 3.8) is 0 Å². The van der Waals surface area contributed by atoms with Crippen molar-refractivity contribution >= 4 is 0 Å². The average Bonchev–Trinajstić information content (AvgIpc) is 2.60. The fourth-order valence-electron chi connectivity index (χ4n) is 2.45. The summed E-state index contributed by atoms with van der Waals surface area (Å²) in [5.74, 6) is 1.22. The van der Waals surface area contributed by atoms with E-state index in [1.165, 1.54) is 0 Å². The number of hydrogen-bond acceptors (Lipinski definition) is 6. The van der Waals surface area contributed by atoms with Crippen molar-refractivity contribution in [2.24, 2.45) is 0 Å². The third-order valence-electron chi connectivity index (χ3n) is 4.03. The smallest absolute Gasteiger partial charge is 0.164 e. The zero-order valence-electron chi connectivity index (χ0n) is 18.6. The average molecular weight is 397 g/mol. The molecule has 0 radical (unpaired) electrons. The lowest BCUT2D eigenvalue weighted by Crippen LogP contribution is -2.42. The van der Waals surface area contributed by atoms with E-state index in [2.05, 4.69) is 52.2 Å². The maximum Gasteiger partial charge on any atom is 0.164 e. The second-order valence-electron chi connectivity index (χ2n) is 9.29. The number of nitrogens with one attached hydrogen (secondary N) is 2. The van der Waals surface area contributed by atoms with Gasteiger partial charge in [-0.1, -0.05) is 19.1 Å². The molecule has 1 rings (SSSR count). The number of aliphatic hydroxyl groups excluding tert-OH is 2. The zero-order chi connectivity index (χ0) is 21.4. The van der Waals surface area contributed by atoms with Gasteiger partial charge in [-0.25, -0.2) is 0 Å². The number of aryl methyl sites for hydroxylation is 1. The minimum Gasteiger partial charge on any atom is -0.487 e. The van der Waals surface area contributed by atoms with Gasteiger partial charge in [-0.15, -0.1) is 0 Å². The van der Waals surface area contributed by atoms with E-state index in [1.807, 2.05) is 25.1 Å². The molecule has 2 atom stereocenters. The second-order valence-corrected chi connectivity index (χ2v) is 9.29. The van der Waals surface area contributed by atoms with E-state index in [1.54, 1.807) is 0 Å². The number of benzene rings is 1. The molecule has 162 valence electrons. The summed E-state index contributed by atoms with van der Waals surface area (Å²) in [5.41, 5.74) is 0.887. The van der Waals surface area contributed by atoms with E-state index >= 15 is 0 Å². The predicted molar refractivity (Wildman–Crippen MR) is 114 cm³/mol. The maximum atomic E-state index is 10.2. The van der Waals surface area contributed by atoms with E-state index in [4.69, 9.17) is 9.47 Å². The highest BCUT2D eigenvalue weighted by atomic mass is 16.5. The summed E-state index contributed by atoms with van der Waals surface area (Å²) in [7, 11) is 0. The van der Waals surface area contributed by atoms with Crippen LogP contribution in [0.25, 0.3) is 0 Å². The van der Waals surface area contributed by atoms with Gasteiger partial charge in [0.2, 0.25) is 0 Å². The highest BCUT2D eigenvalue weighted by Gasteiger charge is 2.17. The fourth-order valence-corrected chi connectivity index (χ4v) is 2.45. The Bertz CT molecular complexity index is 579. The van der Waals surface area contributed by atoms with Gasteiger partial charge in [0.25, 0.3) is 0 Å². The Labute approximate surface area is 170 Å². The molecule has 2 unspecified atom stereocenters. The molecule has 0 aliphatic rings. The zero-order valence-corrected chi connectivity index (χ0v) is 18.6. The number of para-hydroxylation sites is 1. The molecule has 0 bridgehead atoms. The predicted octanol–water partition coefficient (Wildman–Crippen LogP) is 2.50.